The van der Waals surface area contributed by atoms with E-state index < -0.39 is 0 Å². The van der Waals surface area contributed by atoms with Gasteiger partial charge in [-0.15, -0.1) is 0 Å². The fraction of sp³-hybridized carbons (Fsp3) is 0.647. The van der Waals surface area contributed by atoms with Crippen molar-refractivity contribution >= 4 is 0 Å². The van der Waals surface area contributed by atoms with Crippen LogP contribution in [0, 0.1) is 0 Å². The summed E-state index contributed by atoms with van der Waals surface area (Å²) in [5.74, 6) is 1.49. The van der Waals surface area contributed by atoms with Crippen LogP contribution in [0.1, 0.15) is 45.1 Å². The van der Waals surface area contributed by atoms with E-state index in [2.05, 4.69) is 50.4 Å². The highest BCUT2D eigenvalue weighted by molar-refractivity contribution is 5.29. The summed E-state index contributed by atoms with van der Waals surface area (Å²) >= 11 is 0. The molecule has 0 saturated carbocycles. The number of ether oxygens (including phenoxy) is 2. The van der Waals surface area contributed by atoms with E-state index in [1.165, 1.54) is 5.56 Å². The van der Waals surface area contributed by atoms with Gasteiger partial charge in [-0.05, 0) is 43.0 Å². The smallest absolute Gasteiger partial charge is 0.137 e. The second-order valence-corrected chi connectivity index (χ2v) is 5.80. The van der Waals surface area contributed by atoms with Gasteiger partial charge in [-0.1, -0.05) is 32.9 Å². The van der Waals surface area contributed by atoms with Crippen LogP contribution < -0.4 is 10.1 Å². The van der Waals surface area contributed by atoms with E-state index >= 15 is 0 Å². The van der Waals surface area contributed by atoms with Crippen molar-refractivity contribution in [1.29, 1.82) is 0 Å². The van der Waals surface area contributed by atoms with Gasteiger partial charge < -0.3 is 14.8 Å². The average molecular weight is 277 g/mol. The zero-order valence-corrected chi connectivity index (χ0v) is 12.9. The minimum atomic E-state index is 0.111. The van der Waals surface area contributed by atoms with Crippen molar-refractivity contribution in [2.75, 3.05) is 19.8 Å². The van der Waals surface area contributed by atoms with Crippen molar-refractivity contribution in [3.05, 3.63) is 29.8 Å². The summed E-state index contributed by atoms with van der Waals surface area (Å²) in [4.78, 5) is 0. The second-order valence-electron chi connectivity index (χ2n) is 5.80. The Bertz CT molecular complexity index is 388. The Hall–Kier alpha value is -1.06. The Labute approximate surface area is 122 Å². The molecule has 1 aromatic carbocycles. The van der Waals surface area contributed by atoms with E-state index in [0.29, 0.717) is 18.6 Å². The lowest BCUT2D eigenvalue weighted by atomic mass is 10.0. The van der Waals surface area contributed by atoms with Gasteiger partial charge in [0.05, 0.1) is 6.61 Å². The minimum Gasteiger partial charge on any atom is -0.486 e. The summed E-state index contributed by atoms with van der Waals surface area (Å²) in [7, 11) is 0. The first kappa shape index (κ1) is 15.3. The van der Waals surface area contributed by atoms with Gasteiger partial charge in [0.1, 0.15) is 11.9 Å². The van der Waals surface area contributed by atoms with E-state index in [4.69, 9.17) is 9.47 Å². The molecule has 1 fully saturated rings. The minimum absolute atomic E-state index is 0.111. The first-order valence-electron chi connectivity index (χ1n) is 7.78. The van der Waals surface area contributed by atoms with Gasteiger partial charge in [-0.25, -0.2) is 0 Å². The Morgan fingerprint density at radius 3 is 2.70 bits per heavy atom. The van der Waals surface area contributed by atoms with Gasteiger partial charge in [0.2, 0.25) is 0 Å². The summed E-state index contributed by atoms with van der Waals surface area (Å²) in [5.41, 5.74) is 1.35. The Morgan fingerprint density at radius 2 is 2.05 bits per heavy atom. The molecule has 1 N–H and O–H groups in total. The highest BCUT2D eigenvalue weighted by Gasteiger charge is 2.26. The van der Waals surface area contributed by atoms with E-state index in [0.717, 1.165) is 31.7 Å². The first-order valence-corrected chi connectivity index (χ1v) is 7.78. The summed E-state index contributed by atoms with van der Waals surface area (Å²) in [6.45, 7) is 9.13. The third kappa shape index (κ3) is 4.22. The van der Waals surface area contributed by atoms with Crippen molar-refractivity contribution in [2.45, 2.75) is 51.7 Å². The van der Waals surface area contributed by atoms with Crippen LogP contribution in [-0.2, 0) is 4.74 Å². The van der Waals surface area contributed by atoms with Crippen LogP contribution in [0.5, 0.6) is 5.75 Å². The van der Waals surface area contributed by atoms with E-state index in [-0.39, 0.29) is 6.10 Å². The average Bonchev–Trinajstić information content (AvgIpc) is 2.47. The molecule has 112 valence electrons. The maximum atomic E-state index is 6.11. The van der Waals surface area contributed by atoms with Gasteiger partial charge in [-0.2, -0.15) is 0 Å². The molecule has 1 aromatic rings. The summed E-state index contributed by atoms with van der Waals surface area (Å²) < 4.78 is 11.7. The lowest BCUT2D eigenvalue weighted by Gasteiger charge is -2.32. The van der Waals surface area contributed by atoms with Gasteiger partial charge in [-0.3, -0.25) is 0 Å². The summed E-state index contributed by atoms with van der Waals surface area (Å²) in [5, 5.41) is 3.57. The van der Waals surface area contributed by atoms with Crippen LogP contribution in [0.15, 0.2) is 24.3 Å². The van der Waals surface area contributed by atoms with Crippen LogP contribution >= 0.6 is 0 Å². The van der Waals surface area contributed by atoms with E-state index in [9.17, 15) is 0 Å². The van der Waals surface area contributed by atoms with Crippen molar-refractivity contribution in [2.24, 2.45) is 0 Å². The van der Waals surface area contributed by atoms with Gasteiger partial charge in [0.25, 0.3) is 0 Å². The highest BCUT2D eigenvalue weighted by atomic mass is 16.5. The number of hydrogen-bond donors (Lipinski definition) is 1. The molecule has 2 unspecified atom stereocenters. The Kier molecular flexibility index (Phi) is 5.86. The molecule has 2 rings (SSSR count). The number of hydrogen-bond acceptors (Lipinski definition) is 3. The van der Waals surface area contributed by atoms with Crippen molar-refractivity contribution < 1.29 is 9.47 Å². The molecule has 0 amide bonds. The summed E-state index contributed by atoms with van der Waals surface area (Å²) in [6.07, 6.45) is 2.28. The molecule has 1 heterocycles. The van der Waals surface area contributed by atoms with Crippen LogP contribution in [0.25, 0.3) is 0 Å². The third-order valence-corrected chi connectivity index (χ3v) is 3.79. The lowest BCUT2D eigenvalue weighted by molar-refractivity contribution is -0.0146. The molecule has 2 atom stereocenters. The molecular formula is C17H27NO2. The fourth-order valence-corrected chi connectivity index (χ4v) is 2.50. The van der Waals surface area contributed by atoms with Crippen LogP contribution in [-0.4, -0.2) is 31.9 Å². The Morgan fingerprint density at radius 1 is 1.30 bits per heavy atom. The second kappa shape index (κ2) is 7.65. The van der Waals surface area contributed by atoms with Crippen LogP contribution in [0.4, 0.5) is 0 Å². The molecule has 0 spiro atoms. The molecule has 0 aliphatic carbocycles. The van der Waals surface area contributed by atoms with E-state index in [1.807, 2.05) is 0 Å². The molecule has 0 radical (unpaired) electrons. The van der Waals surface area contributed by atoms with Crippen LogP contribution in [0.3, 0.4) is 0 Å². The van der Waals surface area contributed by atoms with Gasteiger partial charge in [0.15, 0.2) is 0 Å². The summed E-state index contributed by atoms with van der Waals surface area (Å²) in [6, 6.07) is 8.84. The topological polar surface area (TPSA) is 30.5 Å². The Balaban J connectivity index is 1.95. The molecular weight excluding hydrogens is 250 g/mol. The molecule has 1 aliphatic rings. The molecule has 20 heavy (non-hydrogen) atoms. The van der Waals surface area contributed by atoms with Crippen molar-refractivity contribution in [3.63, 3.8) is 0 Å². The van der Waals surface area contributed by atoms with Crippen molar-refractivity contribution in [3.8, 4) is 5.75 Å². The fourth-order valence-electron chi connectivity index (χ4n) is 2.50. The van der Waals surface area contributed by atoms with Crippen molar-refractivity contribution in [1.82, 2.24) is 5.32 Å². The molecule has 1 saturated heterocycles. The normalized spacial score (nSPS) is 23.0. The lowest BCUT2D eigenvalue weighted by Crippen LogP contribution is -2.49. The highest BCUT2D eigenvalue weighted by Crippen LogP contribution is 2.21. The number of rotatable bonds is 6. The largest absolute Gasteiger partial charge is 0.486 e. The van der Waals surface area contributed by atoms with Gasteiger partial charge in [0, 0.05) is 12.6 Å². The zero-order valence-electron chi connectivity index (χ0n) is 12.9. The molecule has 0 bridgehead atoms. The van der Waals surface area contributed by atoms with Crippen LogP contribution in [0.2, 0.25) is 0 Å². The molecule has 1 aliphatic heterocycles. The molecule has 0 aromatic heterocycles. The first-order chi connectivity index (χ1) is 9.70. The zero-order chi connectivity index (χ0) is 14.4. The van der Waals surface area contributed by atoms with E-state index in [1.54, 1.807) is 0 Å². The predicted molar refractivity (Wildman–Crippen MR) is 82.5 cm³/mol. The number of benzene rings is 1. The quantitative estimate of drug-likeness (QED) is 0.865. The molecule has 3 heteroatoms. The SMILES string of the molecule is CCCNC1CCOCC1Oc1ccc(C(C)C)cc1. The standard InChI is InChI=1S/C17H27NO2/c1-4-10-18-16-9-11-19-12-17(16)20-15-7-5-14(6-8-15)13(2)3/h5-8,13,16-18H,4,9-12H2,1-3H3. The maximum Gasteiger partial charge on any atom is 0.137 e. The van der Waals surface area contributed by atoms with Gasteiger partial charge >= 0.3 is 0 Å². The number of nitrogens with one attached hydrogen (secondary N) is 1. The monoisotopic (exact) mass is 277 g/mol. The predicted octanol–water partition coefficient (Wildman–Crippen LogP) is 3.35. The third-order valence-electron chi connectivity index (χ3n) is 3.79. The molecule has 3 nitrogen and oxygen atoms in total. The maximum absolute atomic E-state index is 6.11.